The Kier molecular flexibility index (Phi) is 4.94. The fraction of sp³-hybridized carbons (Fsp3) is 1.00. The summed E-state index contributed by atoms with van der Waals surface area (Å²) in [5, 5.41) is 0. The predicted molar refractivity (Wildman–Crippen MR) is 59.1 cm³/mol. The number of hydrogen-bond acceptors (Lipinski definition) is 0. The first-order valence-corrected chi connectivity index (χ1v) is 6.57. The highest BCUT2D eigenvalue weighted by Crippen LogP contribution is 2.42. The van der Waals surface area contributed by atoms with E-state index in [1.807, 2.05) is 0 Å². The van der Waals surface area contributed by atoms with Crippen molar-refractivity contribution in [2.75, 3.05) is 0 Å². The smallest absolute Gasteiger partial charge is 0.171 e. The lowest BCUT2D eigenvalue weighted by Gasteiger charge is -2.32. The highest BCUT2D eigenvalue weighted by Gasteiger charge is 2.42. The average Bonchev–Trinajstić information content (AvgIpc) is 2.17. The molecule has 0 heterocycles. The quantitative estimate of drug-likeness (QED) is 0.646. The molecule has 0 nitrogen and oxygen atoms in total. The van der Waals surface area contributed by atoms with Gasteiger partial charge < -0.3 is 0 Å². The molecule has 1 rings (SSSR count). The third-order valence-electron chi connectivity index (χ3n) is 3.31. The molecule has 0 aliphatic heterocycles. The van der Waals surface area contributed by atoms with Gasteiger partial charge in [-0.15, -0.1) is 0 Å². The van der Waals surface area contributed by atoms with Gasteiger partial charge in [-0.05, 0) is 38.0 Å². The Morgan fingerprint density at radius 1 is 1.20 bits per heavy atom. The maximum Gasteiger partial charge on any atom is 0.391 e. The first-order chi connectivity index (χ1) is 6.95. The van der Waals surface area contributed by atoms with Crippen LogP contribution in [0, 0.1) is 11.8 Å². The van der Waals surface area contributed by atoms with Crippen LogP contribution in [0.15, 0.2) is 0 Å². The minimum atomic E-state index is -3.97. The second kappa shape index (κ2) is 5.55. The van der Waals surface area contributed by atoms with Crippen LogP contribution in [0.3, 0.4) is 0 Å². The van der Waals surface area contributed by atoms with Crippen LogP contribution in [0.1, 0.15) is 45.4 Å². The van der Waals surface area contributed by atoms with Crippen LogP contribution in [0.25, 0.3) is 0 Å². The third kappa shape index (κ3) is 3.97. The van der Waals surface area contributed by atoms with E-state index < -0.39 is 12.1 Å². The number of halogens is 4. The number of hydrogen-bond donors (Lipinski definition) is 0. The van der Waals surface area contributed by atoms with E-state index in [0.29, 0.717) is 23.6 Å². The Bertz CT molecular complexity index is 183. The lowest BCUT2D eigenvalue weighted by atomic mass is 9.79. The third-order valence-corrected chi connectivity index (χ3v) is 4.52. The Hall–Kier alpha value is 0.270. The van der Waals surface area contributed by atoms with Crippen molar-refractivity contribution in [3.05, 3.63) is 0 Å². The molecular weight excluding hydrogens is 269 g/mol. The lowest BCUT2D eigenvalue weighted by molar-refractivity contribution is -0.183. The van der Waals surface area contributed by atoms with Gasteiger partial charge in [-0.25, -0.2) is 0 Å². The van der Waals surface area contributed by atoms with E-state index in [2.05, 4.69) is 22.9 Å². The van der Waals surface area contributed by atoms with E-state index in [1.54, 1.807) is 0 Å². The molecular formula is C11H18BrF3. The Balaban J connectivity index is 2.36. The summed E-state index contributed by atoms with van der Waals surface area (Å²) >= 11 is 3.59. The molecule has 0 aromatic heterocycles. The second-order valence-electron chi connectivity index (χ2n) is 4.46. The fourth-order valence-electron chi connectivity index (χ4n) is 2.32. The first-order valence-electron chi connectivity index (χ1n) is 5.66. The summed E-state index contributed by atoms with van der Waals surface area (Å²) in [6.07, 6.45) is 0.272. The van der Waals surface area contributed by atoms with Crippen molar-refractivity contribution >= 4 is 15.9 Å². The molecule has 15 heavy (non-hydrogen) atoms. The molecule has 0 radical (unpaired) electrons. The second-order valence-corrected chi connectivity index (χ2v) is 5.63. The summed E-state index contributed by atoms with van der Waals surface area (Å²) in [5.41, 5.74) is 0. The zero-order valence-electron chi connectivity index (χ0n) is 8.99. The van der Waals surface area contributed by atoms with Gasteiger partial charge in [-0.1, -0.05) is 29.3 Å². The normalized spacial score (nSPS) is 30.2. The highest BCUT2D eigenvalue weighted by atomic mass is 79.9. The van der Waals surface area contributed by atoms with Crippen molar-refractivity contribution in [1.29, 1.82) is 0 Å². The summed E-state index contributed by atoms with van der Waals surface area (Å²) in [6.45, 7) is 2.11. The van der Waals surface area contributed by atoms with Crippen molar-refractivity contribution < 1.29 is 13.2 Å². The van der Waals surface area contributed by atoms with Gasteiger partial charge in [0.05, 0.1) is 5.92 Å². The maximum absolute atomic E-state index is 12.4. The van der Waals surface area contributed by atoms with Crippen molar-refractivity contribution in [3.8, 4) is 0 Å². The van der Waals surface area contributed by atoms with Gasteiger partial charge in [0.2, 0.25) is 0 Å². The molecule has 1 atom stereocenters. The topological polar surface area (TPSA) is 0 Å². The fourth-order valence-corrected chi connectivity index (χ4v) is 3.31. The molecule has 0 bridgehead atoms. The Labute approximate surface area is 97.7 Å². The van der Waals surface area contributed by atoms with Crippen LogP contribution in [0.4, 0.5) is 13.2 Å². The van der Waals surface area contributed by atoms with Gasteiger partial charge in [-0.3, -0.25) is 0 Å². The molecule has 0 aromatic carbocycles. The standard InChI is InChI=1S/C11H18BrF3/c1-2-3-10(12)8-4-6-9(7-5-8)11(13,14)15/h8-10H,2-7H2,1H3. The van der Waals surface area contributed by atoms with E-state index in [-0.39, 0.29) is 0 Å². The van der Waals surface area contributed by atoms with E-state index in [4.69, 9.17) is 0 Å². The van der Waals surface area contributed by atoms with Gasteiger partial charge in [0.1, 0.15) is 0 Å². The van der Waals surface area contributed by atoms with Crippen molar-refractivity contribution in [3.63, 3.8) is 0 Å². The van der Waals surface area contributed by atoms with Crippen molar-refractivity contribution in [1.82, 2.24) is 0 Å². The SMILES string of the molecule is CCCC(Br)C1CCC(C(F)(F)F)CC1. The van der Waals surface area contributed by atoms with E-state index >= 15 is 0 Å². The molecule has 0 spiro atoms. The minimum Gasteiger partial charge on any atom is -0.171 e. The van der Waals surface area contributed by atoms with Crippen molar-refractivity contribution in [2.45, 2.75) is 56.5 Å². The first kappa shape index (κ1) is 13.3. The molecule has 1 aliphatic carbocycles. The summed E-state index contributed by atoms with van der Waals surface area (Å²) in [5.74, 6) is -0.598. The Morgan fingerprint density at radius 3 is 2.13 bits per heavy atom. The molecule has 0 amide bonds. The van der Waals surface area contributed by atoms with E-state index in [0.717, 1.165) is 25.7 Å². The maximum atomic E-state index is 12.4. The molecule has 1 fully saturated rings. The number of rotatable bonds is 3. The average molecular weight is 287 g/mol. The molecule has 1 aliphatic rings. The van der Waals surface area contributed by atoms with Crippen LogP contribution in [0.5, 0.6) is 0 Å². The molecule has 1 unspecified atom stereocenters. The van der Waals surface area contributed by atoms with Gasteiger partial charge in [0, 0.05) is 4.83 Å². The van der Waals surface area contributed by atoms with Crippen LogP contribution < -0.4 is 0 Å². The van der Waals surface area contributed by atoms with Crippen LogP contribution in [-0.2, 0) is 0 Å². The summed E-state index contributed by atoms with van der Waals surface area (Å²) in [7, 11) is 0. The minimum absolute atomic E-state index is 0.319. The largest absolute Gasteiger partial charge is 0.391 e. The van der Waals surface area contributed by atoms with E-state index in [1.165, 1.54) is 0 Å². The van der Waals surface area contributed by atoms with Gasteiger partial charge in [-0.2, -0.15) is 13.2 Å². The molecule has 1 saturated carbocycles. The van der Waals surface area contributed by atoms with E-state index in [9.17, 15) is 13.2 Å². The predicted octanol–water partition coefficient (Wildman–Crippen LogP) is 4.92. The zero-order valence-corrected chi connectivity index (χ0v) is 10.6. The zero-order chi connectivity index (χ0) is 11.5. The summed E-state index contributed by atoms with van der Waals surface area (Å²) in [4.78, 5) is 0.414. The van der Waals surface area contributed by atoms with Crippen LogP contribution in [-0.4, -0.2) is 11.0 Å². The summed E-state index contributed by atoms with van der Waals surface area (Å²) < 4.78 is 37.2. The molecule has 0 N–H and O–H groups in total. The molecule has 0 aromatic rings. The summed E-state index contributed by atoms with van der Waals surface area (Å²) in [6, 6.07) is 0. The highest BCUT2D eigenvalue weighted by molar-refractivity contribution is 9.09. The van der Waals surface area contributed by atoms with Crippen molar-refractivity contribution in [2.24, 2.45) is 11.8 Å². The molecule has 0 saturated heterocycles. The van der Waals surface area contributed by atoms with Crippen LogP contribution >= 0.6 is 15.9 Å². The molecule has 4 heteroatoms. The van der Waals surface area contributed by atoms with Crippen LogP contribution in [0.2, 0.25) is 0 Å². The Morgan fingerprint density at radius 2 is 1.73 bits per heavy atom. The monoisotopic (exact) mass is 286 g/mol. The molecule has 90 valence electrons. The van der Waals surface area contributed by atoms with Gasteiger partial charge >= 0.3 is 6.18 Å². The number of alkyl halides is 4. The lowest BCUT2D eigenvalue weighted by Crippen LogP contribution is -2.30. The van der Waals surface area contributed by atoms with Gasteiger partial charge in [0.25, 0.3) is 0 Å². The van der Waals surface area contributed by atoms with Gasteiger partial charge in [0.15, 0.2) is 0 Å².